The highest BCUT2D eigenvalue weighted by Gasteiger charge is 2.22. The Hall–Kier alpha value is -3.15. The molecular weight excluding hydrogens is 364 g/mol. The van der Waals surface area contributed by atoms with Crippen LogP contribution < -0.4 is 10.2 Å². The van der Waals surface area contributed by atoms with Gasteiger partial charge in [0.15, 0.2) is 0 Å². The molecule has 3 heterocycles. The topological polar surface area (TPSA) is 66.7 Å². The molecule has 0 spiro atoms. The highest BCUT2D eigenvalue weighted by Crippen LogP contribution is 2.27. The molecule has 0 bridgehead atoms. The predicted molar refractivity (Wildman–Crippen MR) is 113 cm³/mol. The van der Waals surface area contributed by atoms with Gasteiger partial charge in [0.05, 0.1) is 5.69 Å². The van der Waals surface area contributed by atoms with Gasteiger partial charge in [-0.15, -0.1) is 0 Å². The number of amides is 2. The van der Waals surface area contributed by atoms with Crippen molar-refractivity contribution in [3.8, 4) is 0 Å². The van der Waals surface area contributed by atoms with Gasteiger partial charge in [0.2, 0.25) is 5.91 Å². The second kappa shape index (κ2) is 8.07. The third kappa shape index (κ3) is 3.75. The van der Waals surface area contributed by atoms with Gasteiger partial charge >= 0.3 is 0 Å². The molecule has 150 valence electrons. The molecule has 2 aromatic heterocycles. The molecule has 1 N–H and O–H groups in total. The molecule has 0 saturated carbocycles. The monoisotopic (exact) mass is 390 g/mol. The Morgan fingerprint density at radius 1 is 1.14 bits per heavy atom. The largest absolute Gasteiger partial charge is 0.351 e. The number of carbonyl (C=O) groups excluding carboxylic acids is 2. The average Bonchev–Trinajstić information content (AvgIpc) is 3.08. The minimum absolute atomic E-state index is 0.119. The van der Waals surface area contributed by atoms with Gasteiger partial charge in [-0.25, -0.2) is 4.98 Å². The molecule has 3 aromatic rings. The first-order valence-electron chi connectivity index (χ1n) is 10.2. The summed E-state index contributed by atoms with van der Waals surface area (Å²) < 4.78 is 1.83. The zero-order chi connectivity index (χ0) is 20.4. The summed E-state index contributed by atoms with van der Waals surface area (Å²) in [6, 6.07) is 12.0. The second-order valence-corrected chi connectivity index (χ2v) is 7.57. The van der Waals surface area contributed by atoms with Crippen LogP contribution in [0.2, 0.25) is 0 Å². The van der Waals surface area contributed by atoms with Crippen LogP contribution in [0.15, 0.2) is 42.6 Å². The van der Waals surface area contributed by atoms with E-state index in [-0.39, 0.29) is 11.8 Å². The van der Waals surface area contributed by atoms with E-state index in [0.29, 0.717) is 30.8 Å². The summed E-state index contributed by atoms with van der Waals surface area (Å²) in [5.74, 6) is -0.0376. The Labute approximate surface area is 170 Å². The summed E-state index contributed by atoms with van der Waals surface area (Å²) >= 11 is 0. The van der Waals surface area contributed by atoms with Crippen molar-refractivity contribution in [2.45, 2.75) is 39.5 Å². The fraction of sp³-hybridized carbons (Fsp3) is 0.348. The molecule has 29 heavy (non-hydrogen) atoms. The highest BCUT2D eigenvalue weighted by atomic mass is 16.2. The maximum Gasteiger partial charge on any atom is 0.270 e. The van der Waals surface area contributed by atoms with Crippen LogP contribution >= 0.6 is 0 Å². The van der Waals surface area contributed by atoms with Crippen molar-refractivity contribution in [3.63, 3.8) is 0 Å². The lowest BCUT2D eigenvalue weighted by molar-refractivity contribution is -0.118. The molecule has 0 saturated heterocycles. The van der Waals surface area contributed by atoms with E-state index >= 15 is 0 Å². The lowest BCUT2D eigenvalue weighted by Gasteiger charge is -2.29. The molecule has 2 amide bonds. The van der Waals surface area contributed by atoms with Crippen LogP contribution in [0.5, 0.6) is 0 Å². The van der Waals surface area contributed by atoms with Gasteiger partial charge < -0.3 is 10.2 Å². The zero-order valence-corrected chi connectivity index (χ0v) is 16.9. The number of hydrogen-bond acceptors (Lipinski definition) is 3. The minimum Gasteiger partial charge on any atom is -0.351 e. The maximum absolute atomic E-state index is 12.7. The molecule has 4 rings (SSSR count). The smallest absolute Gasteiger partial charge is 0.270 e. The average molecular weight is 390 g/mol. The Bertz CT molecular complexity index is 1070. The van der Waals surface area contributed by atoms with E-state index in [2.05, 4.69) is 16.4 Å². The highest BCUT2D eigenvalue weighted by molar-refractivity contribution is 5.95. The fourth-order valence-electron chi connectivity index (χ4n) is 4.04. The molecule has 1 aromatic carbocycles. The Morgan fingerprint density at radius 3 is 2.83 bits per heavy atom. The lowest BCUT2D eigenvalue weighted by Crippen LogP contribution is -2.36. The number of fused-ring (bicyclic) bond motifs is 2. The minimum atomic E-state index is -0.156. The number of rotatable bonds is 5. The SMILES string of the molecule is Cc1nc2c(C)cccn2c1C(=O)NCCCC(=O)N1CCCc2ccccc21. The van der Waals surface area contributed by atoms with E-state index in [1.165, 1.54) is 5.56 Å². The molecule has 0 radical (unpaired) electrons. The second-order valence-electron chi connectivity index (χ2n) is 7.57. The van der Waals surface area contributed by atoms with Crippen LogP contribution in [0, 0.1) is 13.8 Å². The number of aryl methyl sites for hydroxylation is 3. The molecule has 1 aliphatic rings. The normalized spacial score (nSPS) is 13.4. The lowest BCUT2D eigenvalue weighted by atomic mass is 10.0. The maximum atomic E-state index is 12.7. The predicted octanol–water partition coefficient (Wildman–Crippen LogP) is 3.44. The van der Waals surface area contributed by atoms with Gasteiger partial charge in [0.1, 0.15) is 11.3 Å². The van der Waals surface area contributed by atoms with Gasteiger partial charge in [0.25, 0.3) is 5.91 Å². The molecule has 0 aliphatic carbocycles. The van der Waals surface area contributed by atoms with E-state index in [0.717, 1.165) is 36.3 Å². The first kappa shape index (κ1) is 19.2. The molecule has 1 aliphatic heterocycles. The summed E-state index contributed by atoms with van der Waals surface area (Å²) in [5.41, 5.74) is 5.36. The van der Waals surface area contributed by atoms with Crippen molar-refractivity contribution in [2.75, 3.05) is 18.0 Å². The number of benzene rings is 1. The summed E-state index contributed by atoms with van der Waals surface area (Å²) in [6.45, 7) is 5.05. The number of nitrogens with zero attached hydrogens (tertiary/aromatic N) is 3. The zero-order valence-electron chi connectivity index (χ0n) is 16.9. The summed E-state index contributed by atoms with van der Waals surface area (Å²) in [7, 11) is 0. The Balaban J connectivity index is 1.35. The van der Waals surface area contributed by atoms with Gasteiger partial charge in [-0.3, -0.25) is 14.0 Å². The third-order valence-electron chi connectivity index (χ3n) is 5.50. The van der Waals surface area contributed by atoms with Crippen molar-refractivity contribution in [1.82, 2.24) is 14.7 Å². The number of anilines is 1. The Morgan fingerprint density at radius 2 is 1.97 bits per heavy atom. The number of nitrogens with one attached hydrogen (secondary N) is 1. The van der Waals surface area contributed by atoms with Crippen LogP contribution in [-0.2, 0) is 11.2 Å². The van der Waals surface area contributed by atoms with Crippen molar-refractivity contribution in [3.05, 3.63) is 65.1 Å². The van der Waals surface area contributed by atoms with E-state index in [4.69, 9.17) is 0 Å². The first-order valence-corrected chi connectivity index (χ1v) is 10.2. The van der Waals surface area contributed by atoms with Crippen LogP contribution in [0.1, 0.15) is 46.6 Å². The van der Waals surface area contributed by atoms with E-state index in [1.807, 2.05) is 59.7 Å². The van der Waals surface area contributed by atoms with Gasteiger partial charge in [-0.05, 0) is 56.4 Å². The van der Waals surface area contributed by atoms with Gasteiger partial charge in [-0.1, -0.05) is 24.3 Å². The summed E-state index contributed by atoms with van der Waals surface area (Å²) in [5, 5.41) is 2.94. The quantitative estimate of drug-likeness (QED) is 0.679. The summed E-state index contributed by atoms with van der Waals surface area (Å²) in [4.78, 5) is 31.8. The number of para-hydroxylation sites is 1. The summed E-state index contributed by atoms with van der Waals surface area (Å²) in [6.07, 6.45) is 4.90. The van der Waals surface area contributed by atoms with E-state index < -0.39 is 0 Å². The first-order chi connectivity index (χ1) is 14.1. The molecular formula is C23H26N4O2. The third-order valence-corrected chi connectivity index (χ3v) is 5.50. The van der Waals surface area contributed by atoms with Crippen molar-refractivity contribution in [2.24, 2.45) is 0 Å². The van der Waals surface area contributed by atoms with E-state index in [9.17, 15) is 9.59 Å². The number of pyridine rings is 1. The molecule has 0 atom stereocenters. The van der Waals surface area contributed by atoms with Crippen LogP contribution in [-0.4, -0.2) is 34.3 Å². The molecule has 0 fully saturated rings. The standard InChI is InChI=1S/C23H26N4O2/c1-16-8-6-15-27-21(17(2)25-22(16)27)23(29)24-13-5-12-20(28)26-14-7-10-18-9-3-4-11-19(18)26/h3-4,6,8-9,11,15H,5,7,10,12-14H2,1-2H3,(H,24,29). The molecule has 6 nitrogen and oxygen atoms in total. The van der Waals surface area contributed by atoms with Crippen molar-refractivity contribution >= 4 is 23.1 Å². The van der Waals surface area contributed by atoms with Gasteiger partial charge in [-0.2, -0.15) is 0 Å². The van der Waals surface area contributed by atoms with Crippen LogP contribution in [0.4, 0.5) is 5.69 Å². The van der Waals surface area contributed by atoms with Crippen LogP contribution in [0.25, 0.3) is 5.65 Å². The van der Waals surface area contributed by atoms with Crippen molar-refractivity contribution in [1.29, 1.82) is 0 Å². The fourth-order valence-corrected chi connectivity index (χ4v) is 4.04. The van der Waals surface area contributed by atoms with Crippen LogP contribution in [0.3, 0.4) is 0 Å². The van der Waals surface area contributed by atoms with Gasteiger partial charge in [0, 0.05) is 31.4 Å². The molecule has 6 heteroatoms. The number of imidazole rings is 1. The number of carbonyl (C=O) groups is 2. The number of aromatic nitrogens is 2. The number of hydrogen-bond donors (Lipinski definition) is 1. The van der Waals surface area contributed by atoms with Crippen molar-refractivity contribution < 1.29 is 9.59 Å². The molecule has 0 unspecified atom stereocenters. The Kier molecular flexibility index (Phi) is 5.34. The van der Waals surface area contributed by atoms with E-state index in [1.54, 1.807) is 0 Å².